The van der Waals surface area contributed by atoms with Crippen LogP contribution >= 0.6 is 11.3 Å². The van der Waals surface area contributed by atoms with Crippen molar-refractivity contribution in [1.29, 1.82) is 0 Å². The van der Waals surface area contributed by atoms with Crippen LogP contribution in [0.15, 0.2) is 59.6 Å². The third kappa shape index (κ3) is 3.62. The maximum absolute atomic E-state index is 13.2. The van der Waals surface area contributed by atoms with E-state index in [9.17, 15) is 14.7 Å². The number of fused-ring (bicyclic) bond motifs is 1. The van der Waals surface area contributed by atoms with E-state index in [1.807, 2.05) is 37.3 Å². The molecule has 6 nitrogen and oxygen atoms in total. The summed E-state index contributed by atoms with van der Waals surface area (Å²) in [5, 5.41) is 13.5. The number of hydrogen-bond donors (Lipinski definition) is 1. The predicted octanol–water partition coefficient (Wildman–Crippen LogP) is 5.22. The molecule has 168 valence electrons. The number of hydrogen-bond acceptors (Lipinski definition) is 6. The maximum atomic E-state index is 13.2. The number of nitrogens with zero attached hydrogens (tertiary/aromatic N) is 2. The average molecular weight is 461 g/mol. The fourth-order valence-corrected chi connectivity index (χ4v) is 5.14. The number of thiazole rings is 1. The van der Waals surface area contributed by atoms with Crippen molar-refractivity contribution in [3.8, 4) is 5.75 Å². The molecule has 2 aliphatic heterocycles. The molecule has 0 radical (unpaired) electrons. The molecule has 2 aliphatic rings. The first-order valence-corrected chi connectivity index (χ1v) is 11.8. The Morgan fingerprint density at radius 3 is 2.61 bits per heavy atom. The molecule has 1 amide bonds. The lowest BCUT2D eigenvalue weighted by atomic mass is 9.93. The van der Waals surface area contributed by atoms with Gasteiger partial charge in [0.2, 0.25) is 0 Å². The quantitative estimate of drug-likeness (QED) is 0.328. The lowest BCUT2D eigenvalue weighted by Crippen LogP contribution is -2.29. The van der Waals surface area contributed by atoms with Crippen molar-refractivity contribution < 1.29 is 19.4 Å². The highest BCUT2D eigenvalue weighted by atomic mass is 32.1. The smallest absolute Gasteiger partial charge is 0.301 e. The van der Waals surface area contributed by atoms with Crippen LogP contribution in [0.3, 0.4) is 0 Å². The van der Waals surface area contributed by atoms with E-state index in [0.29, 0.717) is 16.6 Å². The molecule has 3 heterocycles. The Bertz CT molecular complexity index is 1260. The van der Waals surface area contributed by atoms with Crippen molar-refractivity contribution in [1.82, 2.24) is 4.98 Å². The summed E-state index contributed by atoms with van der Waals surface area (Å²) in [4.78, 5) is 32.0. The van der Waals surface area contributed by atoms with Crippen LogP contribution < -0.4 is 9.64 Å². The van der Waals surface area contributed by atoms with Gasteiger partial charge in [-0.3, -0.25) is 14.5 Å². The fourth-order valence-electron chi connectivity index (χ4n) is 4.47. The number of amides is 1. The number of aliphatic hydroxyl groups is 1. The van der Waals surface area contributed by atoms with Gasteiger partial charge in [-0.1, -0.05) is 38.1 Å². The zero-order valence-corrected chi connectivity index (χ0v) is 19.4. The number of carbonyl (C=O) groups excluding carboxylic acids is 2. The van der Waals surface area contributed by atoms with E-state index in [1.54, 1.807) is 23.7 Å². The minimum atomic E-state index is -0.763. The third-order valence-corrected chi connectivity index (χ3v) is 6.93. The van der Waals surface area contributed by atoms with Crippen molar-refractivity contribution >= 4 is 33.9 Å². The summed E-state index contributed by atoms with van der Waals surface area (Å²) >= 11 is 1.28. The second kappa shape index (κ2) is 8.15. The number of ketones is 1. The molecule has 1 N–H and O–H groups in total. The minimum Gasteiger partial charge on any atom is -0.507 e. The second-order valence-corrected chi connectivity index (χ2v) is 9.63. The number of Topliss-reactive ketones (excluding diaryl/α,β-unsaturated/α-hetero) is 1. The Kier molecular flexibility index (Phi) is 5.29. The van der Waals surface area contributed by atoms with Gasteiger partial charge in [-0.15, -0.1) is 11.3 Å². The molecule has 0 bridgehead atoms. The fraction of sp³-hybridized carbons (Fsp3) is 0.269. The first-order valence-electron chi connectivity index (χ1n) is 11.0. The molecule has 5 rings (SSSR count). The van der Waals surface area contributed by atoms with Gasteiger partial charge in [0.05, 0.1) is 11.6 Å². The minimum absolute atomic E-state index is 0.0624. The standard InChI is InChI=1S/C26H24N2O4S/c1-14(2)16-4-6-17(7-5-16)22-21(24(30)25(31)28(22)26-27-10-11-33-26)23(29)18-8-9-20-19(13-18)12-15(3)32-20/h4-11,13-15,22,29H,12H2,1-3H3/b23-21+/t15-,22+/m1/s1. The molecular weight excluding hydrogens is 436 g/mol. The zero-order chi connectivity index (χ0) is 23.3. The van der Waals surface area contributed by atoms with Gasteiger partial charge < -0.3 is 9.84 Å². The Morgan fingerprint density at radius 2 is 1.94 bits per heavy atom. The monoisotopic (exact) mass is 460 g/mol. The predicted molar refractivity (Wildman–Crippen MR) is 128 cm³/mol. The average Bonchev–Trinajstić information content (AvgIpc) is 3.51. The zero-order valence-electron chi connectivity index (χ0n) is 18.6. The molecule has 3 aromatic rings. The van der Waals surface area contributed by atoms with E-state index >= 15 is 0 Å². The number of ether oxygens (including phenoxy) is 1. The van der Waals surface area contributed by atoms with Crippen molar-refractivity contribution in [2.24, 2.45) is 0 Å². The second-order valence-electron chi connectivity index (χ2n) is 8.76. The first-order chi connectivity index (χ1) is 15.8. The van der Waals surface area contributed by atoms with E-state index in [-0.39, 0.29) is 17.4 Å². The topological polar surface area (TPSA) is 79.7 Å². The van der Waals surface area contributed by atoms with E-state index in [0.717, 1.165) is 28.9 Å². The molecule has 0 aliphatic carbocycles. The number of rotatable bonds is 4. The van der Waals surface area contributed by atoms with Gasteiger partial charge >= 0.3 is 5.91 Å². The Balaban J connectivity index is 1.66. The van der Waals surface area contributed by atoms with Crippen molar-refractivity contribution in [2.75, 3.05) is 4.90 Å². The van der Waals surface area contributed by atoms with Crippen molar-refractivity contribution in [2.45, 2.75) is 45.3 Å². The molecule has 0 unspecified atom stereocenters. The van der Waals surface area contributed by atoms with Crippen LogP contribution in [-0.4, -0.2) is 27.9 Å². The maximum Gasteiger partial charge on any atom is 0.301 e. The van der Waals surface area contributed by atoms with Gasteiger partial charge in [-0.25, -0.2) is 4.98 Å². The largest absolute Gasteiger partial charge is 0.507 e. The normalized spacial score (nSPS) is 21.5. The van der Waals surface area contributed by atoms with Crippen LogP contribution in [0.5, 0.6) is 5.75 Å². The number of anilines is 1. The van der Waals surface area contributed by atoms with Crippen LogP contribution in [-0.2, 0) is 16.0 Å². The van der Waals surface area contributed by atoms with Gasteiger partial charge in [-0.2, -0.15) is 0 Å². The molecular formula is C26H24N2O4S. The lowest BCUT2D eigenvalue weighted by molar-refractivity contribution is -0.132. The number of benzene rings is 2. The highest BCUT2D eigenvalue weighted by Gasteiger charge is 2.48. The Morgan fingerprint density at radius 1 is 1.18 bits per heavy atom. The van der Waals surface area contributed by atoms with Crippen molar-refractivity contribution in [3.63, 3.8) is 0 Å². The van der Waals surface area contributed by atoms with Gasteiger partial charge in [-0.05, 0) is 47.7 Å². The lowest BCUT2D eigenvalue weighted by Gasteiger charge is -2.23. The summed E-state index contributed by atoms with van der Waals surface area (Å²) in [6, 6.07) is 12.4. The van der Waals surface area contributed by atoms with Crippen LogP contribution in [0, 0.1) is 0 Å². The number of aliphatic hydroxyl groups excluding tert-OH is 1. The highest BCUT2D eigenvalue weighted by molar-refractivity contribution is 7.14. The van der Waals surface area contributed by atoms with Gasteiger partial charge in [0.15, 0.2) is 5.13 Å². The Hall–Kier alpha value is -3.45. The molecule has 1 aromatic heterocycles. The number of aromatic nitrogens is 1. The van der Waals surface area contributed by atoms with Gasteiger partial charge in [0, 0.05) is 23.6 Å². The van der Waals surface area contributed by atoms with Crippen LogP contribution in [0.1, 0.15) is 55.0 Å². The first kappa shape index (κ1) is 21.4. The number of carbonyl (C=O) groups is 2. The molecule has 1 saturated heterocycles. The molecule has 1 fully saturated rings. The molecule has 2 atom stereocenters. The van der Waals surface area contributed by atoms with Crippen molar-refractivity contribution in [3.05, 3.63) is 81.9 Å². The van der Waals surface area contributed by atoms with Crippen LogP contribution in [0.2, 0.25) is 0 Å². The van der Waals surface area contributed by atoms with E-state index in [1.165, 1.54) is 16.2 Å². The Labute approximate surface area is 196 Å². The van der Waals surface area contributed by atoms with Crippen LogP contribution in [0.4, 0.5) is 5.13 Å². The van der Waals surface area contributed by atoms with E-state index in [4.69, 9.17) is 4.74 Å². The van der Waals surface area contributed by atoms with E-state index in [2.05, 4.69) is 18.8 Å². The summed E-state index contributed by atoms with van der Waals surface area (Å²) < 4.78 is 5.76. The van der Waals surface area contributed by atoms with E-state index < -0.39 is 17.7 Å². The summed E-state index contributed by atoms with van der Waals surface area (Å²) in [7, 11) is 0. The molecule has 0 saturated carbocycles. The SMILES string of the molecule is CC(C)c1ccc([C@H]2/C(=C(\O)c3ccc4c(c3)C[C@@H](C)O4)C(=O)C(=O)N2c2nccs2)cc1. The highest BCUT2D eigenvalue weighted by Crippen LogP contribution is 2.43. The van der Waals surface area contributed by atoms with Crippen LogP contribution in [0.25, 0.3) is 5.76 Å². The summed E-state index contributed by atoms with van der Waals surface area (Å²) in [5.74, 6) is -0.468. The van der Waals surface area contributed by atoms with Gasteiger partial charge in [0.25, 0.3) is 5.78 Å². The van der Waals surface area contributed by atoms with Gasteiger partial charge in [0.1, 0.15) is 17.6 Å². The third-order valence-electron chi connectivity index (χ3n) is 6.16. The summed E-state index contributed by atoms with van der Waals surface area (Å²) in [6.07, 6.45) is 2.39. The molecule has 0 spiro atoms. The molecule has 2 aromatic carbocycles. The summed E-state index contributed by atoms with van der Waals surface area (Å²) in [6.45, 7) is 6.20. The molecule has 7 heteroatoms. The molecule has 33 heavy (non-hydrogen) atoms. The summed E-state index contributed by atoms with van der Waals surface area (Å²) in [5.41, 5.74) is 3.43.